The smallest absolute Gasteiger partial charge is 0.0750 e. The monoisotopic (exact) mass is 185 g/mol. The van der Waals surface area contributed by atoms with Crippen molar-refractivity contribution >= 4 is 0 Å². The van der Waals surface area contributed by atoms with Crippen molar-refractivity contribution in [2.45, 2.75) is 46.1 Å². The van der Waals surface area contributed by atoms with Gasteiger partial charge in [-0.2, -0.15) is 0 Å². The zero-order valence-electron chi connectivity index (χ0n) is 9.23. The molecule has 1 aliphatic heterocycles. The van der Waals surface area contributed by atoms with Crippen molar-refractivity contribution in [3.05, 3.63) is 0 Å². The van der Waals surface area contributed by atoms with Gasteiger partial charge in [-0.3, -0.25) is 0 Å². The number of hydrogen-bond donors (Lipinski definition) is 1. The van der Waals surface area contributed by atoms with E-state index < -0.39 is 0 Å². The Bertz CT molecular complexity index is 139. The van der Waals surface area contributed by atoms with E-state index in [4.69, 9.17) is 4.74 Å². The van der Waals surface area contributed by atoms with Gasteiger partial charge in [0.25, 0.3) is 0 Å². The highest BCUT2D eigenvalue weighted by Gasteiger charge is 2.30. The van der Waals surface area contributed by atoms with E-state index in [1.54, 1.807) is 0 Å². The van der Waals surface area contributed by atoms with Gasteiger partial charge in [0, 0.05) is 13.1 Å². The van der Waals surface area contributed by atoms with Crippen LogP contribution in [-0.2, 0) is 4.74 Å². The average Bonchev–Trinajstić information content (AvgIpc) is 2.16. The van der Waals surface area contributed by atoms with Crippen LogP contribution in [0.25, 0.3) is 0 Å². The second-order valence-corrected chi connectivity index (χ2v) is 4.66. The summed E-state index contributed by atoms with van der Waals surface area (Å²) in [6, 6.07) is 0. The predicted molar refractivity (Wildman–Crippen MR) is 55.9 cm³/mol. The van der Waals surface area contributed by atoms with E-state index in [-0.39, 0.29) is 0 Å². The van der Waals surface area contributed by atoms with Crippen LogP contribution in [0.4, 0.5) is 0 Å². The first kappa shape index (κ1) is 11.0. The third-order valence-corrected chi connectivity index (χ3v) is 2.97. The number of nitrogens with one attached hydrogen (secondary N) is 1. The van der Waals surface area contributed by atoms with Crippen LogP contribution in [0.15, 0.2) is 0 Å². The van der Waals surface area contributed by atoms with Gasteiger partial charge in [0.05, 0.1) is 12.7 Å². The fraction of sp³-hybridized carbons (Fsp3) is 1.00. The molecule has 1 fully saturated rings. The van der Waals surface area contributed by atoms with Crippen LogP contribution >= 0.6 is 0 Å². The summed E-state index contributed by atoms with van der Waals surface area (Å²) in [4.78, 5) is 0. The van der Waals surface area contributed by atoms with Gasteiger partial charge in [0.2, 0.25) is 0 Å². The normalized spacial score (nSPS) is 24.7. The first-order valence-electron chi connectivity index (χ1n) is 5.49. The highest BCUT2D eigenvalue weighted by molar-refractivity contribution is 4.82. The van der Waals surface area contributed by atoms with Gasteiger partial charge in [0.1, 0.15) is 0 Å². The standard InChI is InChI=1S/C11H23NO/c1-4-5-6-11(2,3)10-9-12-7-8-13-10/h10,12H,4-9H2,1-3H3. The minimum Gasteiger partial charge on any atom is -0.375 e. The molecule has 0 aliphatic carbocycles. The maximum Gasteiger partial charge on any atom is 0.0750 e. The quantitative estimate of drug-likeness (QED) is 0.725. The van der Waals surface area contributed by atoms with Gasteiger partial charge >= 0.3 is 0 Å². The van der Waals surface area contributed by atoms with Gasteiger partial charge < -0.3 is 10.1 Å². The number of rotatable bonds is 4. The number of hydrogen-bond acceptors (Lipinski definition) is 2. The molecule has 0 aromatic rings. The van der Waals surface area contributed by atoms with Gasteiger partial charge in [-0.25, -0.2) is 0 Å². The van der Waals surface area contributed by atoms with Gasteiger partial charge in [-0.05, 0) is 11.8 Å². The molecule has 1 atom stereocenters. The summed E-state index contributed by atoms with van der Waals surface area (Å²) in [7, 11) is 0. The topological polar surface area (TPSA) is 21.3 Å². The maximum absolute atomic E-state index is 5.78. The summed E-state index contributed by atoms with van der Waals surface area (Å²) >= 11 is 0. The Labute approximate surface area is 82.0 Å². The minimum atomic E-state index is 0.337. The average molecular weight is 185 g/mol. The van der Waals surface area contributed by atoms with Crippen molar-refractivity contribution < 1.29 is 4.74 Å². The lowest BCUT2D eigenvalue weighted by atomic mass is 9.81. The molecule has 78 valence electrons. The number of morpholine rings is 1. The second-order valence-electron chi connectivity index (χ2n) is 4.66. The maximum atomic E-state index is 5.78. The molecule has 0 aromatic heterocycles. The number of ether oxygens (including phenoxy) is 1. The Kier molecular flexibility index (Phi) is 4.20. The lowest BCUT2D eigenvalue weighted by Crippen LogP contribution is -2.46. The molecule has 0 aromatic carbocycles. The zero-order chi connectivity index (χ0) is 9.73. The first-order chi connectivity index (χ1) is 6.17. The molecule has 0 radical (unpaired) electrons. The van der Waals surface area contributed by atoms with E-state index in [0.29, 0.717) is 11.5 Å². The van der Waals surface area contributed by atoms with Crippen molar-refractivity contribution in [3.63, 3.8) is 0 Å². The molecule has 2 nitrogen and oxygen atoms in total. The van der Waals surface area contributed by atoms with Crippen LogP contribution in [0, 0.1) is 5.41 Å². The third-order valence-electron chi connectivity index (χ3n) is 2.97. The molecule has 1 unspecified atom stereocenters. The third kappa shape index (κ3) is 3.28. The van der Waals surface area contributed by atoms with E-state index in [0.717, 1.165) is 19.7 Å². The van der Waals surface area contributed by atoms with Gasteiger partial charge in [-0.15, -0.1) is 0 Å². The Morgan fingerprint density at radius 3 is 2.77 bits per heavy atom. The molecular weight excluding hydrogens is 162 g/mol. The summed E-state index contributed by atoms with van der Waals surface area (Å²) in [5.41, 5.74) is 0.337. The van der Waals surface area contributed by atoms with Crippen LogP contribution in [0.5, 0.6) is 0 Å². The molecule has 13 heavy (non-hydrogen) atoms. The van der Waals surface area contributed by atoms with Gasteiger partial charge in [0.15, 0.2) is 0 Å². The molecule has 0 amide bonds. The Balaban J connectivity index is 2.36. The molecule has 1 N–H and O–H groups in total. The first-order valence-corrected chi connectivity index (χ1v) is 5.49. The lowest BCUT2D eigenvalue weighted by molar-refractivity contribution is -0.0474. The van der Waals surface area contributed by atoms with E-state index >= 15 is 0 Å². The Hall–Kier alpha value is -0.0800. The van der Waals surface area contributed by atoms with Gasteiger partial charge in [-0.1, -0.05) is 33.6 Å². The summed E-state index contributed by atoms with van der Waals surface area (Å²) in [5.74, 6) is 0. The summed E-state index contributed by atoms with van der Waals surface area (Å²) in [6.07, 6.45) is 4.28. The summed E-state index contributed by atoms with van der Waals surface area (Å²) < 4.78 is 5.78. The largest absolute Gasteiger partial charge is 0.375 e. The van der Waals surface area contributed by atoms with Crippen molar-refractivity contribution in [1.82, 2.24) is 5.32 Å². The molecular formula is C11H23NO. The van der Waals surface area contributed by atoms with E-state index in [1.807, 2.05) is 0 Å². The highest BCUT2D eigenvalue weighted by atomic mass is 16.5. The van der Waals surface area contributed by atoms with Crippen LogP contribution < -0.4 is 5.32 Å². The second kappa shape index (κ2) is 4.97. The number of unbranched alkanes of at least 4 members (excludes halogenated alkanes) is 1. The lowest BCUT2D eigenvalue weighted by Gasteiger charge is -2.37. The van der Waals surface area contributed by atoms with Crippen molar-refractivity contribution in [2.75, 3.05) is 19.7 Å². The molecule has 1 aliphatic rings. The Morgan fingerprint density at radius 2 is 2.23 bits per heavy atom. The van der Waals surface area contributed by atoms with Crippen LogP contribution in [0.3, 0.4) is 0 Å². The molecule has 1 saturated heterocycles. The van der Waals surface area contributed by atoms with Crippen LogP contribution in [0.2, 0.25) is 0 Å². The fourth-order valence-electron chi connectivity index (χ4n) is 1.86. The molecule has 0 bridgehead atoms. The molecule has 0 spiro atoms. The molecule has 2 heteroatoms. The van der Waals surface area contributed by atoms with E-state index in [9.17, 15) is 0 Å². The Morgan fingerprint density at radius 1 is 1.46 bits per heavy atom. The van der Waals surface area contributed by atoms with E-state index in [2.05, 4.69) is 26.1 Å². The van der Waals surface area contributed by atoms with Crippen LogP contribution in [0.1, 0.15) is 40.0 Å². The highest BCUT2D eigenvalue weighted by Crippen LogP contribution is 2.30. The summed E-state index contributed by atoms with van der Waals surface area (Å²) in [5, 5.41) is 3.39. The van der Waals surface area contributed by atoms with Crippen molar-refractivity contribution in [3.8, 4) is 0 Å². The van der Waals surface area contributed by atoms with E-state index in [1.165, 1.54) is 19.3 Å². The van der Waals surface area contributed by atoms with Crippen molar-refractivity contribution in [1.29, 1.82) is 0 Å². The molecule has 1 heterocycles. The molecule has 1 rings (SSSR count). The predicted octanol–water partition coefficient (Wildman–Crippen LogP) is 2.19. The van der Waals surface area contributed by atoms with Crippen LogP contribution in [-0.4, -0.2) is 25.8 Å². The fourth-order valence-corrected chi connectivity index (χ4v) is 1.86. The summed E-state index contributed by atoms with van der Waals surface area (Å²) in [6.45, 7) is 9.80. The van der Waals surface area contributed by atoms with Crippen molar-refractivity contribution in [2.24, 2.45) is 5.41 Å². The zero-order valence-corrected chi connectivity index (χ0v) is 9.23. The minimum absolute atomic E-state index is 0.337. The SMILES string of the molecule is CCCCC(C)(C)C1CNCCO1. The molecule has 0 saturated carbocycles.